The SMILES string of the molecule is CC(C)(C(=O)N1CCC[C@@H](c2nccs2)C1)n1cncn1. The standard InChI is InChI=1S/C14H19N5OS/c1-14(2,19-10-15-9-17-19)13(20)18-6-3-4-11(8-18)12-16-5-7-21-12/h5,7,9-11H,3-4,6,8H2,1-2H3/t11-/m1/s1. The van der Waals surface area contributed by atoms with Gasteiger partial charge in [0.25, 0.3) is 0 Å². The van der Waals surface area contributed by atoms with Crippen LogP contribution < -0.4 is 0 Å². The summed E-state index contributed by atoms with van der Waals surface area (Å²) < 4.78 is 1.63. The molecule has 6 nitrogen and oxygen atoms in total. The van der Waals surface area contributed by atoms with E-state index in [4.69, 9.17) is 0 Å². The summed E-state index contributed by atoms with van der Waals surface area (Å²) in [5.74, 6) is 0.448. The van der Waals surface area contributed by atoms with Gasteiger partial charge in [0, 0.05) is 30.6 Å². The van der Waals surface area contributed by atoms with E-state index in [0.29, 0.717) is 5.92 Å². The molecule has 2 aromatic rings. The number of hydrogen-bond donors (Lipinski definition) is 0. The van der Waals surface area contributed by atoms with Crippen molar-refractivity contribution in [2.45, 2.75) is 38.1 Å². The van der Waals surface area contributed by atoms with Gasteiger partial charge in [0.15, 0.2) is 0 Å². The molecule has 3 rings (SSSR count). The van der Waals surface area contributed by atoms with Crippen molar-refractivity contribution in [2.24, 2.45) is 0 Å². The van der Waals surface area contributed by atoms with E-state index in [0.717, 1.165) is 30.9 Å². The van der Waals surface area contributed by atoms with Crippen molar-refractivity contribution >= 4 is 17.2 Å². The molecule has 1 aliphatic heterocycles. The lowest BCUT2D eigenvalue weighted by atomic mass is 9.95. The number of piperidine rings is 1. The summed E-state index contributed by atoms with van der Waals surface area (Å²) in [7, 11) is 0. The van der Waals surface area contributed by atoms with E-state index in [-0.39, 0.29) is 5.91 Å². The normalized spacial score (nSPS) is 19.7. The van der Waals surface area contributed by atoms with Crippen LogP contribution in [0.25, 0.3) is 0 Å². The zero-order valence-corrected chi connectivity index (χ0v) is 13.1. The quantitative estimate of drug-likeness (QED) is 0.868. The smallest absolute Gasteiger partial charge is 0.250 e. The summed E-state index contributed by atoms with van der Waals surface area (Å²) in [6.45, 7) is 5.32. The van der Waals surface area contributed by atoms with E-state index in [1.54, 1.807) is 22.3 Å². The lowest BCUT2D eigenvalue weighted by molar-refractivity contribution is -0.141. The second-order valence-corrected chi connectivity index (χ2v) is 6.79. The van der Waals surface area contributed by atoms with Crippen LogP contribution in [-0.2, 0) is 10.3 Å². The third-order valence-corrected chi connectivity index (χ3v) is 4.96. The summed E-state index contributed by atoms with van der Waals surface area (Å²) in [5.41, 5.74) is -0.707. The third-order valence-electron chi connectivity index (χ3n) is 4.02. The molecular weight excluding hydrogens is 286 g/mol. The van der Waals surface area contributed by atoms with E-state index < -0.39 is 5.54 Å². The number of aromatic nitrogens is 4. The van der Waals surface area contributed by atoms with Crippen molar-refractivity contribution in [3.8, 4) is 0 Å². The Bertz CT molecular complexity index is 593. The Morgan fingerprint density at radius 2 is 2.33 bits per heavy atom. The number of thiazole rings is 1. The van der Waals surface area contributed by atoms with E-state index in [1.165, 1.54) is 6.33 Å². The molecular formula is C14H19N5OS. The fourth-order valence-electron chi connectivity index (χ4n) is 2.78. The topological polar surface area (TPSA) is 63.9 Å². The van der Waals surface area contributed by atoms with Crippen molar-refractivity contribution in [3.05, 3.63) is 29.2 Å². The molecule has 1 fully saturated rings. The predicted octanol–water partition coefficient (Wildman–Crippen LogP) is 1.88. The van der Waals surface area contributed by atoms with Crippen LogP contribution in [0.15, 0.2) is 24.2 Å². The van der Waals surface area contributed by atoms with Gasteiger partial charge < -0.3 is 4.90 Å². The predicted molar refractivity (Wildman–Crippen MR) is 80.0 cm³/mol. The molecule has 21 heavy (non-hydrogen) atoms. The van der Waals surface area contributed by atoms with Crippen LogP contribution in [-0.4, -0.2) is 43.6 Å². The fourth-order valence-corrected chi connectivity index (χ4v) is 3.55. The molecule has 0 aromatic carbocycles. The highest BCUT2D eigenvalue weighted by molar-refractivity contribution is 7.09. The molecule has 0 radical (unpaired) electrons. The number of carbonyl (C=O) groups excluding carboxylic acids is 1. The van der Waals surface area contributed by atoms with Crippen molar-refractivity contribution in [1.82, 2.24) is 24.6 Å². The van der Waals surface area contributed by atoms with Gasteiger partial charge in [0.2, 0.25) is 5.91 Å². The Labute approximate surface area is 127 Å². The number of carbonyl (C=O) groups is 1. The Morgan fingerprint density at radius 1 is 1.48 bits per heavy atom. The van der Waals surface area contributed by atoms with E-state index >= 15 is 0 Å². The summed E-state index contributed by atoms with van der Waals surface area (Å²) in [6.07, 6.45) is 7.01. The molecule has 2 aromatic heterocycles. The highest BCUT2D eigenvalue weighted by Gasteiger charge is 2.37. The Hall–Kier alpha value is -1.76. The first kappa shape index (κ1) is 14.2. The largest absolute Gasteiger partial charge is 0.340 e. The Morgan fingerprint density at radius 3 is 3.00 bits per heavy atom. The van der Waals surface area contributed by atoms with Crippen molar-refractivity contribution in [2.75, 3.05) is 13.1 Å². The lowest BCUT2D eigenvalue weighted by Crippen LogP contribution is -2.50. The highest BCUT2D eigenvalue weighted by atomic mass is 32.1. The maximum atomic E-state index is 12.9. The maximum absolute atomic E-state index is 12.9. The fraction of sp³-hybridized carbons (Fsp3) is 0.571. The van der Waals surface area contributed by atoms with Crippen LogP contribution in [0, 0.1) is 0 Å². The summed E-state index contributed by atoms with van der Waals surface area (Å²) in [4.78, 5) is 23.1. The first-order valence-corrected chi connectivity index (χ1v) is 8.01. The summed E-state index contributed by atoms with van der Waals surface area (Å²) in [6, 6.07) is 0. The third kappa shape index (κ3) is 2.70. The second-order valence-electron chi connectivity index (χ2n) is 5.86. The zero-order valence-electron chi connectivity index (χ0n) is 12.3. The van der Waals surface area contributed by atoms with Crippen LogP contribution in [0.2, 0.25) is 0 Å². The summed E-state index contributed by atoms with van der Waals surface area (Å²) >= 11 is 1.67. The molecule has 0 bridgehead atoms. The molecule has 7 heteroatoms. The van der Waals surface area contributed by atoms with Gasteiger partial charge in [-0.25, -0.2) is 14.6 Å². The molecule has 0 saturated carbocycles. The van der Waals surface area contributed by atoms with Gasteiger partial charge in [-0.2, -0.15) is 5.10 Å². The minimum absolute atomic E-state index is 0.0919. The van der Waals surface area contributed by atoms with Gasteiger partial charge in [-0.15, -0.1) is 11.3 Å². The van der Waals surface area contributed by atoms with Gasteiger partial charge in [0.1, 0.15) is 18.2 Å². The molecule has 0 unspecified atom stereocenters. The van der Waals surface area contributed by atoms with Crippen molar-refractivity contribution in [1.29, 1.82) is 0 Å². The van der Waals surface area contributed by atoms with Crippen LogP contribution >= 0.6 is 11.3 Å². The second kappa shape index (κ2) is 5.55. The van der Waals surface area contributed by atoms with E-state index in [2.05, 4.69) is 15.1 Å². The minimum atomic E-state index is -0.707. The van der Waals surface area contributed by atoms with Crippen LogP contribution in [0.3, 0.4) is 0 Å². The molecule has 1 amide bonds. The molecule has 1 aliphatic rings. The van der Waals surface area contributed by atoms with Crippen molar-refractivity contribution in [3.63, 3.8) is 0 Å². The van der Waals surface area contributed by atoms with Gasteiger partial charge in [-0.05, 0) is 26.7 Å². The Kier molecular flexibility index (Phi) is 3.75. The first-order valence-electron chi connectivity index (χ1n) is 7.13. The molecule has 0 aliphatic carbocycles. The van der Waals surface area contributed by atoms with Crippen molar-refractivity contribution < 1.29 is 4.79 Å². The molecule has 0 N–H and O–H groups in total. The van der Waals surface area contributed by atoms with Crippen LogP contribution in [0.4, 0.5) is 0 Å². The molecule has 112 valence electrons. The molecule has 1 saturated heterocycles. The maximum Gasteiger partial charge on any atom is 0.250 e. The summed E-state index contributed by atoms with van der Waals surface area (Å²) in [5, 5.41) is 7.25. The monoisotopic (exact) mass is 305 g/mol. The number of rotatable bonds is 3. The van der Waals surface area contributed by atoms with Gasteiger partial charge in [-0.1, -0.05) is 0 Å². The molecule has 1 atom stereocenters. The number of likely N-dealkylation sites (tertiary alicyclic amines) is 1. The van der Waals surface area contributed by atoms with Crippen LogP contribution in [0.5, 0.6) is 0 Å². The molecule has 0 spiro atoms. The van der Waals surface area contributed by atoms with Gasteiger partial charge >= 0.3 is 0 Å². The Balaban J connectivity index is 1.75. The average Bonchev–Trinajstić information content (AvgIpc) is 3.19. The van der Waals surface area contributed by atoms with Crippen LogP contribution in [0.1, 0.15) is 37.6 Å². The first-order chi connectivity index (χ1) is 10.1. The van der Waals surface area contributed by atoms with E-state index in [1.807, 2.05) is 30.3 Å². The zero-order chi connectivity index (χ0) is 14.9. The van der Waals surface area contributed by atoms with Gasteiger partial charge in [-0.3, -0.25) is 4.79 Å². The lowest BCUT2D eigenvalue weighted by Gasteiger charge is -2.37. The molecule has 3 heterocycles. The average molecular weight is 305 g/mol. The number of hydrogen-bond acceptors (Lipinski definition) is 5. The van der Waals surface area contributed by atoms with E-state index in [9.17, 15) is 4.79 Å². The number of amides is 1. The number of nitrogens with zero attached hydrogens (tertiary/aromatic N) is 5. The minimum Gasteiger partial charge on any atom is -0.340 e. The van der Waals surface area contributed by atoms with Gasteiger partial charge in [0.05, 0.1) is 5.01 Å². The highest BCUT2D eigenvalue weighted by Crippen LogP contribution is 2.30.